The second-order valence-electron chi connectivity index (χ2n) is 6.43. The molecule has 1 aliphatic rings. The van der Waals surface area contributed by atoms with Crippen molar-refractivity contribution in [2.45, 2.75) is 36.8 Å². The molecule has 1 aromatic rings. The van der Waals surface area contributed by atoms with Gasteiger partial charge in [0.2, 0.25) is 5.91 Å². The molecule has 7 nitrogen and oxygen atoms in total. The molecular weight excluding hydrogens is 354 g/mol. The minimum absolute atomic E-state index is 0.331. The highest BCUT2D eigenvalue weighted by Gasteiger charge is 2.44. The Bertz CT molecular complexity index is 653. The van der Waals surface area contributed by atoms with E-state index in [1.54, 1.807) is 36.3 Å². The van der Waals surface area contributed by atoms with Gasteiger partial charge in [-0.05, 0) is 12.0 Å². The average molecular weight is 381 g/mol. The van der Waals surface area contributed by atoms with Crippen molar-refractivity contribution in [3.05, 3.63) is 48.0 Å². The minimum Gasteiger partial charge on any atom is -0.386 e. The number of nitrogens with zero attached hydrogens (tertiary/aromatic N) is 2. The van der Waals surface area contributed by atoms with E-state index in [1.807, 2.05) is 37.3 Å². The number of carbonyl (C=O) groups excluding carboxylic acids is 1. The highest BCUT2D eigenvalue weighted by atomic mass is 32.2. The van der Waals surface area contributed by atoms with E-state index in [1.165, 1.54) is 0 Å². The Morgan fingerprint density at radius 2 is 1.96 bits per heavy atom. The average Bonchev–Trinajstić information content (AvgIpc) is 2.64. The van der Waals surface area contributed by atoms with Gasteiger partial charge >= 0.3 is 0 Å². The van der Waals surface area contributed by atoms with Crippen LogP contribution < -0.4 is 5.32 Å². The zero-order valence-electron chi connectivity index (χ0n) is 15.3. The number of hydrogen-bond donors (Lipinski definition) is 3. The lowest BCUT2D eigenvalue weighted by atomic mass is 9.95. The van der Waals surface area contributed by atoms with Crippen molar-refractivity contribution >= 4 is 17.0 Å². The summed E-state index contributed by atoms with van der Waals surface area (Å²) in [7, 11) is 3.50. The summed E-state index contributed by atoms with van der Waals surface area (Å²) in [6.45, 7) is 2.42. The zero-order valence-corrected chi connectivity index (χ0v) is 16.1. The normalized spacial score (nSPS) is 25.8. The van der Waals surface area contributed by atoms with E-state index in [4.69, 9.17) is 0 Å². The van der Waals surface area contributed by atoms with Gasteiger partial charge in [0.25, 0.3) is 0 Å². The first-order valence-corrected chi connectivity index (χ1v) is 9.79. The van der Waals surface area contributed by atoms with Gasteiger partial charge in [-0.2, -0.15) is 0 Å². The first-order chi connectivity index (χ1) is 12.4. The molecule has 0 bridgehead atoms. The van der Waals surface area contributed by atoms with E-state index in [2.05, 4.69) is 5.32 Å². The molecule has 0 fully saturated rings. The maximum absolute atomic E-state index is 12.8. The van der Waals surface area contributed by atoms with Gasteiger partial charge in [-0.3, -0.25) is 4.79 Å². The molecule has 3 N–H and O–H groups in total. The number of hydrazine groups is 1. The molecule has 5 atom stereocenters. The van der Waals surface area contributed by atoms with Gasteiger partial charge in [0.1, 0.15) is 11.3 Å². The third-order valence-corrected chi connectivity index (χ3v) is 5.26. The van der Waals surface area contributed by atoms with Crippen molar-refractivity contribution < 1.29 is 18.7 Å². The molecule has 144 valence electrons. The third-order valence-electron chi connectivity index (χ3n) is 4.38. The standard InChI is InChI=1S/C18H27N3O4S/c1-4-12-19-18(23)16-15(26(24)25)11-10-14(21(16)20(2)3)17(22)13-8-6-5-7-9-13/h5-11,14-17,22H,4,12H2,1-3H3,(H,19,23)(H,24,25)/t14-,15-,16+,17-/m0/s1. The van der Waals surface area contributed by atoms with Crippen LogP contribution in [-0.4, -0.2) is 67.8 Å². The number of rotatable bonds is 7. The van der Waals surface area contributed by atoms with Crippen LogP contribution in [0.25, 0.3) is 0 Å². The van der Waals surface area contributed by atoms with Crippen molar-refractivity contribution in [2.24, 2.45) is 0 Å². The Balaban J connectivity index is 2.41. The van der Waals surface area contributed by atoms with Crippen LogP contribution in [0.15, 0.2) is 42.5 Å². The molecule has 1 amide bonds. The SMILES string of the molecule is CCCNC(=O)[C@H]1[C@@H](S(=O)O)C=C[C@@H]([C@@H](O)c2ccccc2)N1N(C)C. The van der Waals surface area contributed by atoms with Gasteiger partial charge in [-0.15, -0.1) is 0 Å². The molecular formula is C18H27N3O4S. The number of hydrogen-bond acceptors (Lipinski definition) is 5. The summed E-state index contributed by atoms with van der Waals surface area (Å²) in [5.41, 5.74) is 0.713. The molecule has 0 radical (unpaired) electrons. The molecule has 1 aromatic carbocycles. The Labute approximate surface area is 156 Å². The van der Waals surface area contributed by atoms with Crippen LogP contribution in [0, 0.1) is 0 Å². The lowest BCUT2D eigenvalue weighted by Crippen LogP contribution is -2.64. The van der Waals surface area contributed by atoms with Crippen LogP contribution in [-0.2, 0) is 15.9 Å². The summed E-state index contributed by atoms with van der Waals surface area (Å²) in [5.74, 6) is -0.331. The van der Waals surface area contributed by atoms with E-state index in [9.17, 15) is 18.7 Å². The van der Waals surface area contributed by atoms with Crippen LogP contribution in [0.5, 0.6) is 0 Å². The van der Waals surface area contributed by atoms with E-state index in [0.29, 0.717) is 12.1 Å². The van der Waals surface area contributed by atoms with E-state index >= 15 is 0 Å². The highest BCUT2D eigenvalue weighted by molar-refractivity contribution is 7.80. The predicted octanol–water partition coefficient (Wildman–Crippen LogP) is 0.922. The maximum Gasteiger partial charge on any atom is 0.240 e. The summed E-state index contributed by atoms with van der Waals surface area (Å²) < 4.78 is 21.5. The van der Waals surface area contributed by atoms with Crippen LogP contribution in [0.3, 0.4) is 0 Å². The Morgan fingerprint density at radius 3 is 2.50 bits per heavy atom. The number of nitrogens with one attached hydrogen (secondary N) is 1. The molecule has 0 saturated carbocycles. The number of carbonyl (C=O) groups is 1. The maximum atomic E-state index is 12.8. The number of benzene rings is 1. The fourth-order valence-electron chi connectivity index (χ4n) is 3.17. The fraction of sp³-hybridized carbons (Fsp3) is 0.500. The molecule has 0 aliphatic carbocycles. The largest absolute Gasteiger partial charge is 0.386 e. The van der Waals surface area contributed by atoms with Crippen molar-refractivity contribution in [1.82, 2.24) is 15.3 Å². The summed E-state index contributed by atoms with van der Waals surface area (Å²) >= 11 is -2.22. The second-order valence-corrected chi connectivity index (χ2v) is 7.53. The van der Waals surface area contributed by atoms with Gasteiger partial charge in [-0.25, -0.2) is 14.2 Å². The van der Waals surface area contributed by atoms with Crippen LogP contribution in [0.1, 0.15) is 25.0 Å². The van der Waals surface area contributed by atoms with Gasteiger partial charge in [-0.1, -0.05) is 49.4 Å². The Kier molecular flexibility index (Phi) is 7.48. The van der Waals surface area contributed by atoms with E-state index in [0.717, 1.165) is 6.42 Å². The van der Waals surface area contributed by atoms with Crippen LogP contribution >= 0.6 is 0 Å². The fourth-order valence-corrected chi connectivity index (χ4v) is 3.86. The third kappa shape index (κ3) is 4.57. The lowest BCUT2D eigenvalue weighted by Gasteiger charge is -2.45. The molecule has 0 spiro atoms. The van der Waals surface area contributed by atoms with Crippen molar-refractivity contribution in [3.63, 3.8) is 0 Å². The smallest absolute Gasteiger partial charge is 0.240 e. The van der Waals surface area contributed by atoms with Crippen LogP contribution in [0.2, 0.25) is 0 Å². The van der Waals surface area contributed by atoms with E-state index in [-0.39, 0.29) is 5.91 Å². The minimum atomic E-state index is -2.22. The molecule has 8 heteroatoms. The molecule has 1 heterocycles. The zero-order chi connectivity index (χ0) is 19.3. The Morgan fingerprint density at radius 1 is 1.31 bits per heavy atom. The lowest BCUT2D eigenvalue weighted by molar-refractivity contribution is -0.141. The van der Waals surface area contributed by atoms with Gasteiger partial charge in [0, 0.05) is 20.6 Å². The molecule has 2 rings (SSSR count). The van der Waals surface area contributed by atoms with Crippen LogP contribution in [0.4, 0.5) is 0 Å². The molecule has 0 saturated heterocycles. The van der Waals surface area contributed by atoms with Gasteiger partial charge in [0.05, 0.1) is 12.1 Å². The quantitative estimate of drug-likeness (QED) is 0.480. The van der Waals surface area contributed by atoms with Gasteiger partial charge < -0.3 is 15.0 Å². The van der Waals surface area contributed by atoms with Gasteiger partial charge in [0.15, 0.2) is 11.1 Å². The second kappa shape index (κ2) is 9.38. The molecule has 0 aromatic heterocycles. The van der Waals surface area contributed by atoms with E-state index < -0.39 is 34.5 Å². The topological polar surface area (TPSA) is 93.1 Å². The summed E-state index contributed by atoms with van der Waals surface area (Å²) in [5, 5.41) is 16.2. The predicted molar refractivity (Wildman–Crippen MR) is 102 cm³/mol. The number of aliphatic hydroxyl groups is 1. The summed E-state index contributed by atoms with van der Waals surface area (Å²) in [6, 6.07) is 7.73. The molecule has 1 aliphatic heterocycles. The van der Waals surface area contributed by atoms with Crippen molar-refractivity contribution in [1.29, 1.82) is 0 Å². The number of aliphatic hydroxyl groups excluding tert-OH is 1. The summed E-state index contributed by atoms with van der Waals surface area (Å²) in [6.07, 6.45) is 3.13. The summed E-state index contributed by atoms with van der Waals surface area (Å²) in [4.78, 5) is 12.8. The first kappa shape index (κ1) is 20.7. The highest BCUT2D eigenvalue weighted by Crippen LogP contribution is 2.30. The van der Waals surface area contributed by atoms with Crippen molar-refractivity contribution in [3.8, 4) is 0 Å². The molecule has 26 heavy (non-hydrogen) atoms. The molecule has 1 unspecified atom stereocenters. The number of amides is 1. The first-order valence-electron chi connectivity index (χ1n) is 8.62. The Hall–Kier alpha value is -1.58. The van der Waals surface area contributed by atoms with Crippen molar-refractivity contribution in [2.75, 3.05) is 20.6 Å². The monoisotopic (exact) mass is 381 g/mol.